The average Bonchev–Trinajstić information content (AvgIpc) is 2.77. The zero-order valence-electron chi connectivity index (χ0n) is 17.5. The summed E-state index contributed by atoms with van der Waals surface area (Å²) in [4.78, 5) is 48.4. The van der Waals surface area contributed by atoms with Gasteiger partial charge < -0.3 is 19.2 Å². The molecule has 10 heteroatoms. The highest BCUT2D eigenvalue weighted by Crippen LogP contribution is 2.23. The molecule has 0 fully saturated rings. The third-order valence-electron chi connectivity index (χ3n) is 3.98. The van der Waals surface area contributed by atoms with Crippen LogP contribution in [0.2, 0.25) is 0 Å². The fourth-order valence-electron chi connectivity index (χ4n) is 2.42. The molecule has 160 valence electrons. The molecule has 0 aliphatic heterocycles. The molecule has 1 heterocycles. The van der Waals surface area contributed by atoms with E-state index in [1.54, 1.807) is 27.1 Å². The van der Waals surface area contributed by atoms with Crippen LogP contribution < -0.4 is 19.9 Å². The standard InChI is InChI=1S/C20H24N4O6/c1-6-18(25)24(14-9-7-13(8-10-14)19(26)23(2)3)20(27)30-22-16-11-15(28-4)12-17(21-16)29-5/h7-12H,6H2,1-5H3,(H,21,22). The van der Waals surface area contributed by atoms with Crippen molar-refractivity contribution in [2.75, 3.05) is 38.7 Å². The Hall–Kier alpha value is -3.82. The predicted octanol–water partition coefficient (Wildman–Crippen LogP) is 2.71. The minimum atomic E-state index is -0.961. The van der Waals surface area contributed by atoms with E-state index in [0.717, 1.165) is 4.90 Å². The second kappa shape index (κ2) is 10.1. The Bertz CT molecular complexity index is 892. The van der Waals surface area contributed by atoms with E-state index in [4.69, 9.17) is 14.3 Å². The van der Waals surface area contributed by atoms with Crippen molar-refractivity contribution in [3.05, 3.63) is 42.0 Å². The minimum Gasteiger partial charge on any atom is -0.496 e. The number of amides is 3. The van der Waals surface area contributed by atoms with Crippen molar-refractivity contribution in [1.82, 2.24) is 9.88 Å². The van der Waals surface area contributed by atoms with Gasteiger partial charge in [0.1, 0.15) is 5.75 Å². The van der Waals surface area contributed by atoms with Crippen molar-refractivity contribution in [3.63, 3.8) is 0 Å². The summed E-state index contributed by atoms with van der Waals surface area (Å²) in [6.45, 7) is 1.62. The number of nitrogens with one attached hydrogen (secondary N) is 1. The van der Waals surface area contributed by atoms with Gasteiger partial charge in [-0.1, -0.05) is 6.92 Å². The van der Waals surface area contributed by atoms with Crippen LogP contribution in [0, 0.1) is 0 Å². The molecule has 0 aliphatic rings. The van der Waals surface area contributed by atoms with Gasteiger partial charge >= 0.3 is 6.09 Å². The zero-order valence-corrected chi connectivity index (χ0v) is 17.5. The molecule has 0 bridgehead atoms. The summed E-state index contributed by atoms with van der Waals surface area (Å²) < 4.78 is 10.2. The maximum Gasteiger partial charge on any atom is 0.445 e. The first-order valence-corrected chi connectivity index (χ1v) is 9.02. The van der Waals surface area contributed by atoms with E-state index in [0.29, 0.717) is 11.3 Å². The van der Waals surface area contributed by atoms with Crippen molar-refractivity contribution in [2.45, 2.75) is 13.3 Å². The summed E-state index contributed by atoms with van der Waals surface area (Å²) in [6, 6.07) is 9.10. The van der Waals surface area contributed by atoms with E-state index in [1.807, 2.05) is 0 Å². The molecule has 2 aromatic rings. The number of pyridine rings is 1. The van der Waals surface area contributed by atoms with E-state index in [2.05, 4.69) is 10.5 Å². The van der Waals surface area contributed by atoms with Crippen LogP contribution in [0.25, 0.3) is 0 Å². The van der Waals surface area contributed by atoms with Gasteiger partial charge in [0.15, 0.2) is 5.82 Å². The lowest BCUT2D eigenvalue weighted by Crippen LogP contribution is -2.38. The molecular weight excluding hydrogens is 392 g/mol. The first-order chi connectivity index (χ1) is 14.3. The maximum absolute atomic E-state index is 12.6. The summed E-state index contributed by atoms with van der Waals surface area (Å²) in [6.07, 6.45) is -0.893. The molecule has 1 N–H and O–H groups in total. The number of rotatable bonds is 7. The summed E-state index contributed by atoms with van der Waals surface area (Å²) in [5, 5.41) is 0. The molecule has 1 aromatic heterocycles. The van der Waals surface area contributed by atoms with Crippen LogP contribution >= 0.6 is 0 Å². The summed E-state index contributed by atoms with van der Waals surface area (Å²) in [5.74, 6) is 0.149. The Morgan fingerprint density at radius 1 is 1.03 bits per heavy atom. The molecule has 3 amide bonds. The number of carbonyl (C=O) groups is 3. The van der Waals surface area contributed by atoms with Crippen LogP contribution in [0.4, 0.5) is 16.3 Å². The quantitative estimate of drug-likeness (QED) is 0.686. The number of nitrogens with zero attached hydrogens (tertiary/aromatic N) is 3. The number of hydrogen-bond acceptors (Lipinski definition) is 8. The van der Waals surface area contributed by atoms with Crippen LogP contribution in [0.3, 0.4) is 0 Å². The summed E-state index contributed by atoms with van der Waals surface area (Å²) in [5.41, 5.74) is 3.08. The number of hydrogen-bond donors (Lipinski definition) is 1. The largest absolute Gasteiger partial charge is 0.496 e. The highest BCUT2D eigenvalue weighted by Gasteiger charge is 2.25. The van der Waals surface area contributed by atoms with E-state index in [9.17, 15) is 14.4 Å². The van der Waals surface area contributed by atoms with Crippen LogP contribution in [-0.2, 0) is 9.63 Å². The predicted molar refractivity (Wildman–Crippen MR) is 110 cm³/mol. The lowest BCUT2D eigenvalue weighted by Gasteiger charge is -2.20. The van der Waals surface area contributed by atoms with Gasteiger partial charge in [-0.25, -0.2) is 9.69 Å². The number of imide groups is 1. The van der Waals surface area contributed by atoms with Gasteiger partial charge in [0.05, 0.1) is 19.9 Å². The smallest absolute Gasteiger partial charge is 0.445 e. The molecule has 0 radical (unpaired) electrons. The first kappa shape index (κ1) is 22.5. The molecule has 0 spiro atoms. The van der Waals surface area contributed by atoms with Gasteiger partial charge in [-0.05, 0) is 24.3 Å². The minimum absolute atomic E-state index is 0.0682. The zero-order chi connectivity index (χ0) is 22.3. The van der Waals surface area contributed by atoms with Crippen molar-refractivity contribution in [3.8, 4) is 11.6 Å². The molecule has 0 saturated carbocycles. The second-order valence-corrected chi connectivity index (χ2v) is 6.23. The normalized spacial score (nSPS) is 10.0. The van der Waals surface area contributed by atoms with Gasteiger partial charge in [0.25, 0.3) is 5.91 Å². The summed E-state index contributed by atoms with van der Waals surface area (Å²) >= 11 is 0. The van der Waals surface area contributed by atoms with E-state index >= 15 is 0 Å². The van der Waals surface area contributed by atoms with Gasteiger partial charge in [-0.15, -0.1) is 0 Å². The molecule has 0 atom stereocenters. The lowest BCUT2D eigenvalue weighted by atomic mass is 10.1. The maximum atomic E-state index is 12.6. The van der Waals surface area contributed by atoms with Gasteiger partial charge in [-0.3, -0.25) is 9.59 Å². The summed E-state index contributed by atoms with van der Waals surface area (Å²) in [7, 11) is 6.17. The first-order valence-electron chi connectivity index (χ1n) is 9.02. The van der Waals surface area contributed by atoms with Crippen LogP contribution in [0.5, 0.6) is 11.6 Å². The Morgan fingerprint density at radius 3 is 2.23 bits per heavy atom. The topological polar surface area (TPSA) is 110 Å². The Labute approximate surface area is 174 Å². The number of ether oxygens (including phenoxy) is 2. The number of anilines is 2. The van der Waals surface area contributed by atoms with Gasteiger partial charge in [-0.2, -0.15) is 10.5 Å². The number of benzene rings is 1. The molecule has 10 nitrogen and oxygen atoms in total. The number of carbonyl (C=O) groups excluding carboxylic acids is 3. The molecule has 30 heavy (non-hydrogen) atoms. The van der Waals surface area contributed by atoms with Crippen molar-refractivity contribution >= 4 is 29.4 Å². The lowest BCUT2D eigenvalue weighted by molar-refractivity contribution is -0.117. The third-order valence-corrected chi connectivity index (χ3v) is 3.98. The van der Waals surface area contributed by atoms with Crippen LogP contribution in [0.1, 0.15) is 23.7 Å². The van der Waals surface area contributed by atoms with E-state index in [-0.39, 0.29) is 29.7 Å². The molecule has 1 aromatic carbocycles. The van der Waals surface area contributed by atoms with E-state index in [1.165, 1.54) is 49.5 Å². The van der Waals surface area contributed by atoms with Gasteiger partial charge in [0, 0.05) is 38.2 Å². The average molecular weight is 416 g/mol. The SMILES string of the molecule is CCC(=O)N(C(=O)ONc1cc(OC)cc(OC)n1)c1ccc(C(=O)N(C)C)cc1. The Morgan fingerprint density at radius 2 is 1.70 bits per heavy atom. The van der Waals surface area contributed by atoms with Crippen molar-refractivity contribution in [1.29, 1.82) is 0 Å². The van der Waals surface area contributed by atoms with Crippen molar-refractivity contribution in [2.24, 2.45) is 0 Å². The number of methoxy groups -OCH3 is 2. The highest BCUT2D eigenvalue weighted by molar-refractivity contribution is 6.12. The molecular formula is C20H24N4O6. The fraction of sp³-hybridized carbons (Fsp3) is 0.300. The monoisotopic (exact) mass is 416 g/mol. The van der Waals surface area contributed by atoms with Crippen LogP contribution in [-0.4, -0.2) is 56.1 Å². The van der Waals surface area contributed by atoms with Crippen molar-refractivity contribution < 1.29 is 28.7 Å². The van der Waals surface area contributed by atoms with Crippen LogP contribution in [0.15, 0.2) is 36.4 Å². The molecule has 2 rings (SSSR count). The van der Waals surface area contributed by atoms with E-state index < -0.39 is 12.0 Å². The molecule has 0 aliphatic carbocycles. The molecule has 0 unspecified atom stereocenters. The fourth-order valence-corrected chi connectivity index (χ4v) is 2.42. The van der Waals surface area contributed by atoms with Gasteiger partial charge in [0.2, 0.25) is 11.8 Å². The highest BCUT2D eigenvalue weighted by atomic mass is 16.7. The Kier molecular flexibility index (Phi) is 7.56. The molecule has 0 saturated heterocycles. The Balaban J connectivity index is 2.20. The second-order valence-electron chi connectivity index (χ2n) is 6.23. The number of aromatic nitrogens is 1. The third kappa shape index (κ3) is 5.37.